The molecule has 0 spiro atoms. The molecule has 0 unspecified atom stereocenters. The van der Waals surface area contributed by atoms with Crippen molar-refractivity contribution in [3.8, 4) is 11.3 Å². The Morgan fingerprint density at radius 2 is 1.82 bits per heavy atom. The Morgan fingerprint density at radius 3 is 2.52 bits per heavy atom. The van der Waals surface area contributed by atoms with Gasteiger partial charge in [0.1, 0.15) is 17.7 Å². The minimum Gasteiger partial charge on any atom is -0.390 e. The number of hydrogen-bond acceptors (Lipinski definition) is 7. The number of nitrogens with one attached hydrogen (secondary N) is 2. The van der Waals surface area contributed by atoms with E-state index in [4.69, 9.17) is 0 Å². The number of nitrogens with zero attached hydrogens (tertiary/aromatic N) is 4. The third-order valence-electron chi connectivity index (χ3n) is 5.77. The molecule has 1 saturated carbocycles. The van der Waals surface area contributed by atoms with Crippen molar-refractivity contribution in [2.45, 2.75) is 57.0 Å². The first kappa shape index (κ1) is 22.9. The predicted molar refractivity (Wildman–Crippen MR) is 118 cm³/mol. The molecule has 0 amide bonds. The molecule has 174 valence electrons. The van der Waals surface area contributed by atoms with Gasteiger partial charge in [0.25, 0.3) is 0 Å². The van der Waals surface area contributed by atoms with Crippen LogP contribution in [0.5, 0.6) is 0 Å². The summed E-state index contributed by atoms with van der Waals surface area (Å²) in [5.41, 5.74) is 0.685. The van der Waals surface area contributed by atoms with Crippen molar-refractivity contribution >= 4 is 11.8 Å². The highest BCUT2D eigenvalue weighted by molar-refractivity contribution is 5.62. The van der Waals surface area contributed by atoms with Crippen LogP contribution in [0, 0.1) is 0 Å². The molecule has 0 bridgehead atoms. The summed E-state index contributed by atoms with van der Waals surface area (Å²) in [7, 11) is 0. The first-order valence-electron chi connectivity index (χ1n) is 10.7. The van der Waals surface area contributed by atoms with Gasteiger partial charge in [-0.1, -0.05) is 30.3 Å². The fourth-order valence-corrected chi connectivity index (χ4v) is 3.88. The maximum absolute atomic E-state index is 13.6. The lowest BCUT2D eigenvalue weighted by molar-refractivity contribution is -0.137. The highest BCUT2D eigenvalue weighted by Crippen LogP contribution is 2.36. The van der Waals surface area contributed by atoms with E-state index in [0.29, 0.717) is 25.7 Å². The lowest BCUT2D eigenvalue weighted by atomic mass is 9.83. The summed E-state index contributed by atoms with van der Waals surface area (Å²) in [6, 6.07) is 9.34. The molecular weight excluding hydrogens is 433 g/mol. The van der Waals surface area contributed by atoms with Crippen molar-refractivity contribution in [2.24, 2.45) is 0 Å². The topological polar surface area (TPSA) is 95.8 Å². The number of hydrogen-bond donors (Lipinski definition) is 3. The zero-order valence-electron chi connectivity index (χ0n) is 18.1. The van der Waals surface area contributed by atoms with Gasteiger partial charge in [0, 0.05) is 36.1 Å². The van der Waals surface area contributed by atoms with Gasteiger partial charge in [-0.25, -0.2) is 15.0 Å². The summed E-state index contributed by atoms with van der Waals surface area (Å²) in [4.78, 5) is 16.4. The molecule has 1 aromatic carbocycles. The van der Waals surface area contributed by atoms with Crippen LogP contribution in [0.15, 0.2) is 49.1 Å². The number of alkyl halides is 3. The van der Waals surface area contributed by atoms with E-state index >= 15 is 0 Å². The lowest BCUT2D eigenvalue weighted by Crippen LogP contribution is -2.36. The SMILES string of the molecule is C[C@]1(O)CC[C@@H](Nc2nc(NCc3cncnc3-c3ccccc3)ncc2C(F)(F)F)CC1. The number of anilines is 2. The maximum Gasteiger partial charge on any atom is 0.421 e. The molecule has 0 saturated heterocycles. The van der Waals surface area contributed by atoms with Crippen LogP contribution in [0.3, 0.4) is 0 Å². The quantitative estimate of drug-likeness (QED) is 0.494. The largest absolute Gasteiger partial charge is 0.421 e. The molecule has 2 aromatic heterocycles. The van der Waals surface area contributed by atoms with E-state index in [1.54, 1.807) is 13.1 Å². The lowest BCUT2D eigenvalue weighted by Gasteiger charge is -2.34. The summed E-state index contributed by atoms with van der Waals surface area (Å²) in [5.74, 6) is -0.199. The van der Waals surface area contributed by atoms with Crippen molar-refractivity contribution in [1.82, 2.24) is 19.9 Å². The van der Waals surface area contributed by atoms with Crippen LogP contribution in [-0.4, -0.2) is 36.7 Å². The molecule has 1 fully saturated rings. The molecule has 3 N–H and O–H groups in total. The van der Waals surface area contributed by atoms with Gasteiger partial charge in [-0.3, -0.25) is 0 Å². The second-order valence-corrected chi connectivity index (χ2v) is 8.49. The van der Waals surface area contributed by atoms with Crippen LogP contribution in [0.2, 0.25) is 0 Å². The molecule has 1 aliphatic rings. The highest BCUT2D eigenvalue weighted by Gasteiger charge is 2.37. The summed E-state index contributed by atoms with van der Waals surface area (Å²) >= 11 is 0. The van der Waals surface area contributed by atoms with Crippen molar-refractivity contribution in [1.29, 1.82) is 0 Å². The van der Waals surface area contributed by atoms with Crippen LogP contribution in [0.25, 0.3) is 11.3 Å². The van der Waals surface area contributed by atoms with Crippen molar-refractivity contribution < 1.29 is 18.3 Å². The molecule has 0 atom stereocenters. The van der Waals surface area contributed by atoms with Gasteiger partial charge >= 0.3 is 6.18 Å². The maximum atomic E-state index is 13.6. The summed E-state index contributed by atoms with van der Waals surface area (Å²) in [6.45, 7) is 1.98. The first-order valence-corrected chi connectivity index (χ1v) is 10.7. The zero-order valence-corrected chi connectivity index (χ0v) is 18.1. The fourth-order valence-electron chi connectivity index (χ4n) is 3.88. The minimum absolute atomic E-state index is 0.0659. The number of aliphatic hydroxyl groups is 1. The van der Waals surface area contributed by atoms with Crippen LogP contribution in [0.1, 0.15) is 43.7 Å². The minimum atomic E-state index is -4.59. The Morgan fingerprint density at radius 1 is 1.09 bits per heavy atom. The summed E-state index contributed by atoms with van der Waals surface area (Å²) < 4.78 is 40.7. The first-order chi connectivity index (χ1) is 15.7. The van der Waals surface area contributed by atoms with Crippen LogP contribution in [0.4, 0.5) is 24.9 Å². The molecular formula is C23H25F3N6O. The van der Waals surface area contributed by atoms with Crippen molar-refractivity contribution in [3.63, 3.8) is 0 Å². The Bertz CT molecular complexity index is 1080. The normalized spacial score (nSPS) is 20.9. The second kappa shape index (κ2) is 9.30. The average Bonchev–Trinajstić information content (AvgIpc) is 2.79. The van der Waals surface area contributed by atoms with Gasteiger partial charge in [0.2, 0.25) is 5.95 Å². The van der Waals surface area contributed by atoms with Gasteiger partial charge in [0.15, 0.2) is 0 Å². The zero-order chi connectivity index (χ0) is 23.5. The predicted octanol–water partition coefficient (Wildman–Crippen LogP) is 4.67. The van der Waals surface area contributed by atoms with Gasteiger partial charge in [-0.2, -0.15) is 18.2 Å². The van der Waals surface area contributed by atoms with Crippen LogP contribution >= 0.6 is 0 Å². The smallest absolute Gasteiger partial charge is 0.390 e. The Labute approximate surface area is 189 Å². The van der Waals surface area contributed by atoms with E-state index in [1.807, 2.05) is 30.3 Å². The molecule has 10 heteroatoms. The number of aromatic nitrogens is 4. The molecule has 4 rings (SSSR count). The number of benzene rings is 1. The van der Waals surface area contributed by atoms with E-state index < -0.39 is 17.3 Å². The molecule has 0 aliphatic heterocycles. The van der Waals surface area contributed by atoms with E-state index in [0.717, 1.165) is 23.0 Å². The Kier molecular flexibility index (Phi) is 6.46. The number of rotatable bonds is 6. The molecule has 7 nitrogen and oxygen atoms in total. The molecule has 1 aliphatic carbocycles. The standard InChI is InChI=1S/C23H25F3N6O/c1-22(33)9-7-17(8-10-22)31-20-18(23(24,25)26)13-29-21(32-20)28-12-16-11-27-14-30-19(16)15-5-3-2-4-6-15/h2-6,11,13-14,17,33H,7-10,12H2,1H3,(H2,28,29,31,32)/t17-,22+. The highest BCUT2D eigenvalue weighted by atomic mass is 19.4. The van der Waals surface area contributed by atoms with E-state index in [2.05, 4.69) is 30.6 Å². The molecule has 33 heavy (non-hydrogen) atoms. The van der Waals surface area contributed by atoms with Crippen molar-refractivity contribution in [2.75, 3.05) is 10.6 Å². The van der Waals surface area contributed by atoms with Crippen LogP contribution < -0.4 is 10.6 Å². The fraction of sp³-hybridized carbons (Fsp3) is 0.391. The van der Waals surface area contributed by atoms with E-state index in [-0.39, 0.29) is 24.4 Å². The molecule has 2 heterocycles. The summed E-state index contributed by atoms with van der Waals surface area (Å²) in [5, 5.41) is 16.0. The van der Waals surface area contributed by atoms with Gasteiger partial charge in [-0.15, -0.1) is 0 Å². The Balaban J connectivity index is 1.53. The van der Waals surface area contributed by atoms with Crippen LogP contribution in [-0.2, 0) is 12.7 Å². The van der Waals surface area contributed by atoms with E-state index in [1.165, 1.54) is 6.33 Å². The van der Waals surface area contributed by atoms with Gasteiger partial charge < -0.3 is 15.7 Å². The van der Waals surface area contributed by atoms with Gasteiger partial charge in [0.05, 0.1) is 11.3 Å². The molecule has 0 radical (unpaired) electrons. The second-order valence-electron chi connectivity index (χ2n) is 8.49. The third-order valence-corrected chi connectivity index (χ3v) is 5.77. The third kappa shape index (κ3) is 5.75. The van der Waals surface area contributed by atoms with E-state index in [9.17, 15) is 18.3 Å². The van der Waals surface area contributed by atoms with Crippen molar-refractivity contribution in [3.05, 3.63) is 60.2 Å². The number of halogens is 3. The Hall–Kier alpha value is -3.27. The summed E-state index contributed by atoms with van der Waals surface area (Å²) in [6.07, 6.45) is 1.43. The molecule has 3 aromatic rings. The van der Waals surface area contributed by atoms with Gasteiger partial charge in [-0.05, 0) is 32.6 Å². The monoisotopic (exact) mass is 458 g/mol. The average molecular weight is 458 g/mol.